The highest BCUT2D eigenvalue weighted by atomic mass is 35.5. The molecule has 2 N–H and O–H groups in total. The van der Waals surface area contributed by atoms with E-state index in [1.54, 1.807) is 0 Å². The Hall–Kier alpha value is -1.46. The van der Waals surface area contributed by atoms with E-state index < -0.39 is 0 Å². The van der Waals surface area contributed by atoms with Crippen molar-refractivity contribution in [1.82, 2.24) is 9.61 Å². The van der Waals surface area contributed by atoms with Crippen molar-refractivity contribution < 1.29 is 21.6 Å². The molecule has 0 radical (unpaired) electrons. The van der Waals surface area contributed by atoms with Crippen LogP contribution in [0.25, 0.3) is 5.52 Å². The molecule has 0 spiro atoms. The number of aromatic nitrogens is 2. The lowest BCUT2D eigenvalue weighted by molar-refractivity contribution is -0.897. The van der Waals surface area contributed by atoms with Crippen LogP contribution in [0.2, 0.25) is 0 Å². The number of likely N-dealkylation sites (tertiary alicyclic amines) is 1. The molecule has 0 amide bonds. The highest BCUT2D eigenvalue weighted by Gasteiger charge is 2.26. The zero-order chi connectivity index (χ0) is 15.0. The summed E-state index contributed by atoms with van der Waals surface area (Å²) in [6.45, 7) is 8.32. The zero-order valence-electron chi connectivity index (χ0n) is 13.6. The highest BCUT2D eigenvalue weighted by molar-refractivity contribution is 5.75. The molecular formula is C16H25ClN4O. The summed E-state index contributed by atoms with van der Waals surface area (Å²) in [6, 6.07) is 4.08. The summed E-state index contributed by atoms with van der Waals surface area (Å²) in [5.74, 6) is 0.564. The summed E-state index contributed by atoms with van der Waals surface area (Å²) >= 11 is 0. The lowest BCUT2D eigenvalue weighted by Crippen LogP contribution is -3.00. The fourth-order valence-corrected chi connectivity index (χ4v) is 3.12. The molecule has 0 aromatic carbocycles. The molecule has 3 heterocycles. The predicted octanol–water partition coefficient (Wildman–Crippen LogP) is -0.843. The Bertz CT molecular complexity index is 662. The molecule has 0 atom stereocenters. The van der Waals surface area contributed by atoms with Crippen molar-refractivity contribution in [2.75, 3.05) is 39.0 Å². The molecule has 5 nitrogen and oxygen atoms in total. The second-order valence-electron chi connectivity index (χ2n) is 6.46. The molecule has 6 heteroatoms. The average Bonchev–Trinajstić information content (AvgIpc) is 3.01. The van der Waals surface area contributed by atoms with Gasteiger partial charge in [-0.15, -0.1) is 5.10 Å². The second-order valence-corrected chi connectivity index (χ2v) is 6.46. The van der Waals surface area contributed by atoms with E-state index in [-0.39, 0.29) is 12.4 Å². The van der Waals surface area contributed by atoms with Gasteiger partial charge in [0.15, 0.2) is 0 Å². The number of halogens is 1. The number of nitrogens with two attached hydrogens (primary N) is 1. The highest BCUT2D eigenvalue weighted by Crippen LogP contribution is 2.27. The Morgan fingerprint density at radius 2 is 1.95 bits per heavy atom. The average molecular weight is 325 g/mol. The van der Waals surface area contributed by atoms with E-state index >= 15 is 0 Å². The summed E-state index contributed by atoms with van der Waals surface area (Å²) in [5.41, 5.74) is 10.0. The SMILES string of the molecule is Cc1ccc2c(N)c(OCC[N+]3(C)CCCC3)nn2c1C.[Cl-]. The predicted molar refractivity (Wildman–Crippen MR) is 84.6 cm³/mol. The Labute approximate surface area is 138 Å². The minimum absolute atomic E-state index is 0. The third-order valence-electron chi connectivity index (χ3n) is 4.82. The summed E-state index contributed by atoms with van der Waals surface area (Å²) in [6.07, 6.45) is 2.65. The molecule has 3 rings (SSSR count). The van der Waals surface area contributed by atoms with Crippen molar-refractivity contribution in [1.29, 1.82) is 0 Å². The summed E-state index contributed by atoms with van der Waals surface area (Å²) in [7, 11) is 2.30. The number of anilines is 1. The molecule has 0 aliphatic carbocycles. The number of nitrogen functional groups attached to an aromatic ring is 1. The molecule has 2 aromatic rings. The van der Waals surface area contributed by atoms with Gasteiger partial charge in [-0.1, -0.05) is 6.07 Å². The van der Waals surface area contributed by atoms with Crippen molar-refractivity contribution in [3.05, 3.63) is 23.4 Å². The molecule has 0 bridgehead atoms. The second kappa shape index (κ2) is 6.34. The molecule has 0 saturated carbocycles. The van der Waals surface area contributed by atoms with Crippen LogP contribution in [-0.2, 0) is 0 Å². The molecule has 1 aliphatic rings. The molecule has 122 valence electrons. The van der Waals surface area contributed by atoms with Crippen LogP contribution in [0.4, 0.5) is 5.69 Å². The van der Waals surface area contributed by atoms with Gasteiger partial charge in [0.25, 0.3) is 5.88 Å². The minimum Gasteiger partial charge on any atom is -1.00 e. The van der Waals surface area contributed by atoms with Gasteiger partial charge in [0.2, 0.25) is 0 Å². The van der Waals surface area contributed by atoms with Crippen molar-refractivity contribution in [3.63, 3.8) is 0 Å². The van der Waals surface area contributed by atoms with Crippen LogP contribution in [0.3, 0.4) is 0 Å². The lowest BCUT2D eigenvalue weighted by Gasteiger charge is -2.28. The first kappa shape index (κ1) is 16.9. The number of quaternary nitrogens is 1. The molecule has 22 heavy (non-hydrogen) atoms. The van der Waals surface area contributed by atoms with E-state index in [1.165, 1.54) is 31.5 Å². The Balaban J connectivity index is 0.00000176. The normalized spacial score (nSPS) is 16.7. The van der Waals surface area contributed by atoms with Gasteiger partial charge in [0, 0.05) is 18.5 Å². The van der Waals surface area contributed by atoms with Gasteiger partial charge in [0.1, 0.15) is 18.8 Å². The topological polar surface area (TPSA) is 52.5 Å². The number of hydrogen-bond donors (Lipinski definition) is 1. The molecule has 1 aliphatic heterocycles. The van der Waals surface area contributed by atoms with Gasteiger partial charge in [-0.25, -0.2) is 4.52 Å². The number of rotatable bonds is 4. The summed E-state index contributed by atoms with van der Waals surface area (Å²) < 4.78 is 8.85. The van der Waals surface area contributed by atoms with Crippen LogP contribution in [0.1, 0.15) is 24.1 Å². The van der Waals surface area contributed by atoms with Crippen LogP contribution < -0.4 is 22.9 Å². The monoisotopic (exact) mass is 324 g/mol. The number of fused-ring (bicyclic) bond motifs is 1. The zero-order valence-corrected chi connectivity index (χ0v) is 14.4. The van der Waals surface area contributed by atoms with Crippen molar-refractivity contribution in [2.24, 2.45) is 0 Å². The van der Waals surface area contributed by atoms with Crippen LogP contribution in [0.15, 0.2) is 12.1 Å². The third kappa shape index (κ3) is 3.01. The standard InChI is InChI=1S/C16H25N4O.ClH/c1-12-6-7-14-15(17)16(18-19(14)13(12)2)21-11-10-20(3)8-4-5-9-20;/h6-7H,4-5,8-11,17H2,1-3H3;1H/q+1;/p-1. The summed E-state index contributed by atoms with van der Waals surface area (Å²) in [4.78, 5) is 0. The van der Waals surface area contributed by atoms with Crippen LogP contribution >= 0.6 is 0 Å². The first-order valence-electron chi connectivity index (χ1n) is 7.71. The maximum Gasteiger partial charge on any atom is 0.257 e. The minimum atomic E-state index is 0. The number of nitrogens with zero attached hydrogens (tertiary/aromatic N) is 3. The van der Waals surface area contributed by atoms with Crippen molar-refractivity contribution >= 4 is 11.2 Å². The fourth-order valence-electron chi connectivity index (χ4n) is 3.12. The lowest BCUT2D eigenvalue weighted by atomic mass is 10.2. The number of ether oxygens (including phenoxy) is 1. The van der Waals surface area contributed by atoms with Crippen LogP contribution in [-0.4, -0.2) is 47.4 Å². The van der Waals surface area contributed by atoms with Gasteiger partial charge in [-0.05, 0) is 25.5 Å². The van der Waals surface area contributed by atoms with Gasteiger partial charge in [-0.2, -0.15) is 0 Å². The molecular weight excluding hydrogens is 300 g/mol. The first-order chi connectivity index (χ1) is 10.0. The van der Waals surface area contributed by atoms with Crippen molar-refractivity contribution in [2.45, 2.75) is 26.7 Å². The Morgan fingerprint density at radius 1 is 1.27 bits per heavy atom. The largest absolute Gasteiger partial charge is 1.00 e. The van der Waals surface area contributed by atoms with Gasteiger partial charge >= 0.3 is 0 Å². The Kier molecular flexibility index (Phi) is 4.87. The maximum atomic E-state index is 6.17. The van der Waals surface area contributed by atoms with E-state index in [9.17, 15) is 0 Å². The molecule has 1 fully saturated rings. The summed E-state index contributed by atoms with van der Waals surface area (Å²) in [5, 5.41) is 4.52. The van der Waals surface area contributed by atoms with Gasteiger partial charge in [0.05, 0.1) is 25.7 Å². The first-order valence-corrected chi connectivity index (χ1v) is 7.71. The maximum absolute atomic E-state index is 6.17. The van der Waals surface area contributed by atoms with E-state index in [2.05, 4.69) is 32.1 Å². The number of likely N-dealkylation sites (N-methyl/N-ethyl adjacent to an activating group) is 1. The molecule has 1 saturated heterocycles. The fraction of sp³-hybridized carbons (Fsp3) is 0.562. The third-order valence-corrected chi connectivity index (χ3v) is 4.82. The van der Waals surface area contributed by atoms with E-state index in [4.69, 9.17) is 10.5 Å². The van der Waals surface area contributed by atoms with Crippen molar-refractivity contribution in [3.8, 4) is 5.88 Å². The smallest absolute Gasteiger partial charge is 0.257 e. The number of hydrogen-bond acceptors (Lipinski definition) is 3. The number of aryl methyl sites for hydroxylation is 2. The van der Waals surface area contributed by atoms with E-state index in [0.29, 0.717) is 18.2 Å². The van der Waals surface area contributed by atoms with E-state index in [1.807, 2.05) is 10.6 Å². The van der Waals surface area contributed by atoms with Crippen LogP contribution in [0, 0.1) is 13.8 Å². The van der Waals surface area contributed by atoms with E-state index in [0.717, 1.165) is 22.2 Å². The van der Waals surface area contributed by atoms with Gasteiger partial charge in [-0.3, -0.25) is 0 Å². The quantitative estimate of drug-likeness (QED) is 0.746. The van der Waals surface area contributed by atoms with Gasteiger partial charge < -0.3 is 27.4 Å². The van der Waals surface area contributed by atoms with Crippen LogP contribution in [0.5, 0.6) is 5.88 Å². The molecule has 2 aromatic heterocycles. The molecule has 0 unspecified atom stereocenters. The Morgan fingerprint density at radius 3 is 2.64 bits per heavy atom. The number of pyridine rings is 1.